The molecule has 2 aliphatic heterocycles. The quantitative estimate of drug-likeness (QED) is 0.212. The molecule has 3 N–H and O–H groups in total. The van der Waals surface area contributed by atoms with E-state index in [1.807, 2.05) is 6.07 Å². The van der Waals surface area contributed by atoms with Gasteiger partial charge in [-0.1, -0.05) is 35.9 Å². The molecule has 5 rings (SSSR count). The third kappa shape index (κ3) is 9.39. The van der Waals surface area contributed by atoms with E-state index in [1.165, 1.54) is 4.90 Å². The molecule has 3 aromatic rings. The Labute approximate surface area is 284 Å². The minimum absolute atomic E-state index is 0.0157. The second-order valence-corrected chi connectivity index (χ2v) is 14.5. The number of rotatable bonds is 14. The van der Waals surface area contributed by atoms with Crippen molar-refractivity contribution in [2.75, 3.05) is 25.9 Å². The molecule has 0 spiro atoms. The standard InChI is InChI=1S/C33H39ClN6O7S/c1-48(44,45)39-27(11-8-21-13-16-36-17-14-21)33(43)40-19-24(46-20-22-6-9-23(34)10-7-22)18-28(40)31(42)37-26(12-15-35)30(41)32-38-25-4-2-3-5-29(25)47-32/h2-7,9-10,21,24,26-28,36,39H,8,11-14,16-20H2,1H3,(H,37,42)/t24-,26+,27-,28+/m1/s1. The van der Waals surface area contributed by atoms with E-state index in [1.54, 1.807) is 48.5 Å². The predicted molar refractivity (Wildman–Crippen MR) is 177 cm³/mol. The molecule has 4 atom stereocenters. The lowest BCUT2D eigenvalue weighted by Crippen LogP contribution is -2.55. The lowest BCUT2D eigenvalue weighted by atomic mass is 9.91. The highest BCUT2D eigenvalue weighted by atomic mass is 35.5. The molecule has 2 fully saturated rings. The fraction of sp³-hybridized carbons (Fsp3) is 0.485. The number of nitrogens with one attached hydrogen (secondary N) is 3. The zero-order valence-corrected chi connectivity index (χ0v) is 28.1. The zero-order chi connectivity index (χ0) is 34.3. The molecule has 256 valence electrons. The van der Waals surface area contributed by atoms with Crippen molar-refractivity contribution in [3.63, 3.8) is 0 Å². The van der Waals surface area contributed by atoms with Crippen LogP contribution in [0, 0.1) is 17.2 Å². The number of benzene rings is 2. The van der Waals surface area contributed by atoms with Gasteiger partial charge < -0.3 is 24.7 Å². The van der Waals surface area contributed by atoms with Crippen LogP contribution in [0.4, 0.5) is 0 Å². The fourth-order valence-corrected chi connectivity index (χ4v) is 7.03. The van der Waals surface area contributed by atoms with Crippen LogP contribution in [-0.2, 0) is 31.0 Å². The first-order chi connectivity index (χ1) is 23.0. The van der Waals surface area contributed by atoms with Crippen molar-refractivity contribution in [2.24, 2.45) is 5.92 Å². The topological polar surface area (TPSA) is 184 Å². The number of halogens is 1. The van der Waals surface area contributed by atoms with Crippen LogP contribution in [0.15, 0.2) is 52.9 Å². The third-order valence-corrected chi connectivity index (χ3v) is 9.62. The van der Waals surface area contributed by atoms with Crippen LogP contribution in [0.1, 0.15) is 54.8 Å². The Morgan fingerprint density at radius 1 is 1.15 bits per heavy atom. The van der Waals surface area contributed by atoms with Crippen molar-refractivity contribution in [2.45, 2.75) is 69.4 Å². The van der Waals surface area contributed by atoms with Gasteiger partial charge in [0.1, 0.15) is 23.6 Å². The summed E-state index contributed by atoms with van der Waals surface area (Å²) in [7, 11) is -3.78. The molecule has 48 heavy (non-hydrogen) atoms. The van der Waals surface area contributed by atoms with Crippen molar-refractivity contribution in [3.05, 3.63) is 65.0 Å². The van der Waals surface area contributed by atoms with E-state index in [4.69, 9.17) is 20.8 Å². The highest BCUT2D eigenvalue weighted by molar-refractivity contribution is 7.88. The van der Waals surface area contributed by atoms with Gasteiger partial charge in [0.2, 0.25) is 27.6 Å². The predicted octanol–water partition coefficient (Wildman–Crippen LogP) is 2.95. The number of hydrogen-bond donors (Lipinski definition) is 3. The highest BCUT2D eigenvalue weighted by Crippen LogP contribution is 2.26. The summed E-state index contributed by atoms with van der Waals surface area (Å²) < 4.78 is 39.0. The fourth-order valence-electron chi connectivity index (χ4n) is 6.16. The number of piperidine rings is 1. The molecule has 2 amide bonds. The molecule has 2 aliphatic rings. The maximum atomic E-state index is 14.1. The molecule has 15 heteroatoms. The van der Waals surface area contributed by atoms with Crippen LogP contribution in [0.3, 0.4) is 0 Å². The molecule has 0 unspecified atom stereocenters. The van der Waals surface area contributed by atoms with E-state index >= 15 is 0 Å². The zero-order valence-electron chi connectivity index (χ0n) is 26.6. The van der Waals surface area contributed by atoms with Gasteiger partial charge in [0.25, 0.3) is 5.89 Å². The van der Waals surface area contributed by atoms with Crippen LogP contribution < -0.4 is 15.4 Å². The number of oxazole rings is 1. The Morgan fingerprint density at radius 3 is 2.56 bits per heavy atom. The maximum absolute atomic E-state index is 14.1. The van der Waals surface area contributed by atoms with Gasteiger partial charge in [0.05, 0.1) is 31.5 Å². The van der Waals surface area contributed by atoms with Crippen molar-refractivity contribution in [1.29, 1.82) is 5.26 Å². The van der Waals surface area contributed by atoms with E-state index < -0.39 is 51.9 Å². The molecule has 13 nitrogen and oxygen atoms in total. The minimum atomic E-state index is -3.78. The molecule has 2 aromatic carbocycles. The molecule has 3 heterocycles. The number of sulfonamides is 1. The number of ether oxygens (including phenoxy) is 1. The first-order valence-electron chi connectivity index (χ1n) is 15.9. The monoisotopic (exact) mass is 698 g/mol. The number of hydrogen-bond acceptors (Lipinski definition) is 10. The summed E-state index contributed by atoms with van der Waals surface area (Å²) in [6, 6.07) is 12.3. The summed E-state index contributed by atoms with van der Waals surface area (Å²) >= 11 is 6.01. The number of fused-ring (bicyclic) bond motifs is 1. The van der Waals surface area contributed by atoms with Crippen molar-refractivity contribution >= 4 is 50.3 Å². The Bertz CT molecular complexity index is 1720. The first kappa shape index (κ1) is 35.4. The van der Waals surface area contributed by atoms with Crippen LogP contribution in [-0.4, -0.2) is 86.0 Å². The van der Waals surface area contributed by atoms with Crippen LogP contribution in [0.2, 0.25) is 5.02 Å². The van der Waals surface area contributed by atoms with Gasteiger partial charge in [-0.3, -0.25) is 14.4 Å². The second-order valence-electron chi connectivity index (χ2n) is 12.3. The molecular formula is C33H39ClN6O7S. The van der Waals surface area contributed by atoms with Crippen LogP contribution in [0.25, 0.3) is 11.1 Å². The second kappa shape index (κ2) is 16.0. The molecule has 0 radical (unpaired) electrons. The van der Waals surface area contributed by atoms with Gasteiger partial charge in [-0.2, -0.15) is 5.26 Å². The number of aromatic nitrogens is 1. The number of carbonyl (C=O) groups is 3. The van der Waals surface area contributed by atoms with Gasteiger partial charge >= 0.3 is 0 Å². The van der Waals surface area contributed by atoms with E-state index in [2.05, 4.69) is 20.3 Å². The molecule has 0 bridgehead atoms. The van der Waals surface area contributed by atoms with Crippen LogP contribution in [0.5, 0.6) is 0 Å². The molecule has 2 saturated heterocycles. The minimum Gasteiger partial charge on any atom is -0.434 e. The lowest BCUT2D eigenvalue weighted by molar-refractivity contribution is -0.140. The van der Waals surface area contributed by atoms with Crippen LogP contribution >= 0.6 is 11.6 Å². The van der Waals surface area contributed by atoms with Crippen molar-refractivity contribution in [1.82, 2.24) is 25.2 Å². The lowest BCUT2D eigenvalue weighted by Gasteiger charge is -2.30. The number of para-hydroxylation sites is 2. The molecule has 1 aromatic heterocycles. The largest absolute Gasteiger partial charge is 0.434 e. The van der Waals surface area contributed by atoms with E-state index in [9.17, 15) is 28.1 Å². The third-order valence-electron chi connectivity index (χ3n) is 8.66. The number of likely N-dealkylation sites (tertiary alicyclic amines) is 1. The summed E-state index contributed by atoms with van der Waals surface area (Å²) in [5.74, 6) is -1.85. The Balaban J connectivity index is 1.36. The van der Waals surface area contributed by atoms with Gasteiger partial charge in [0.15, 0.2) is 5.58 Å². The van der Waals surface area contributed by atoms with Gasteiger partial charge in [0, 0.05) is 18.0 Å². The van der Waals surface area contributed by atoms with Crippen molar-refractivity contribution in [3.8, 4) is 6.07 Å². The van der Waals surface area contributed by atoms with E-state index in [0.717, 1.165) is 37.8 Å². The summed E-state index contributed by atoms with van der Waals surface area (Å²) in [5.41, 5.74) is 1.66. The van der Waals surface area contributed by atoms with E-state index in [-0.39, 0.29) is 38.3 Å². The average molecular weight is 699 g/mol. The Morgan fingerprint density at radius 2 is 1.88 bits per heavy atom. The summed E-state index contributed by atoms with van der Waals surface area (Å²) in [4.78, 5) is 46.9. The van der Waals surface area contributed by atoms with Gasteiger partial charge in [-0.05, 0) is 74.5 Å². The Hall–Kier alpha value is -3.87. The maximum Gasteiger partial charge on any atom is 0.266 e. The van der Waals surface area contributed by atoms with Crippen molar-refractivity contribution < 1.29 is 32.0 Å². The van der Waals surface area contributed by atoms with Gasteiger partial charge in [-0.25, -0.2) is 18.1 Å². The highest BCUT2D eigenvalue weighted by Gasteiger charge is 2.44. The molecule has 0 saturated carbocycles. The molecular weight excluding hydrogens is 660 g/mol. The number of amides is 2. The summed E-state index contributed by atoms with van der Waals surface area (Å²) in [6.45, 7) is 1.92. The Kier molecular flexibility index (Phi) is 11.8. The summed E-state index contributed by atoms with van der Waals surface area (Å²) in [6.07, 6.45) is 2.86. The first-order valence-corrected chi connectivity index (χ1v) is 18.2. The smallest absolute Gasteiger partial charge is 0.266 e. The molecule has 0 aliphatic carbocycles. The normalized spacial score (nSPS) is 19.9. The van der Waals surface area contributed by atoms with E-state index in [0.29, 0.717) is 28.5 Å². The number of ketones is 1. The van der Waals surface area contributed by atoms with Gasteiger partial charge in [-0.15, -0.1) is 0 Å². The number of Topliss-reactive ketones (excluding diaryl/α,β-unsaturated/α-hetero) is 1. The SMILES string of the molecule is CS(=O)(=O)N[C@H](CCC1CCNCC1)C(=O)N1C[C@H](OCc2ccc(Cl)cc2)C[C@H]1C(=O)N[C@@H](CC#N)C(=O)c1nc2ccccc2o1. The number of nitriles is 1. The number of carbonyl (C=O) groups excluding carboxylic acids is 3. The number of nitrogens with zero attached hydrogens (tertiary/aromatic N) is 3. The summed E-state index contributed by atoms with van der Waals surface area (Å²) in [5, 5.41) is 16.0. The average Bonchev–Trinajstić information content (AvgIpc) is 3.70.